The lowest BCUT2D eigenvalue weighted by Crippen LogP contribution is -2.49. The summed E-state index contributed by atoms with van der Waals surface area (Å²) >= 11 is 0. The highest BCUT2D eigenvalue weighted by Crippen LogP contribution is 2.30. The summed E-state index contributed by atoms with van der Waals surface area (Å²) in [7, 11) is 0. The number of amides is 1. The second-order valence-electron chi connectivity index (χ2n) is 8.22. The lowest BCUT2D eigenvalue weighted by atomic mass is 9.98. The van der Waals surface area contributed by atoms with Gasteiger partial charge in [0, 0.05) is 32.1 Å². The summed E-state index contributed by atoms with van der Waals surface area (Å²) in [5.74, 6) is -1.56. The Hall–Kier alpha value is -2.71. The fraction of sp³-hybridized carbons (Fsp3) is 0.632. The number of aromatic nitrogens is 2. The molecule has 28 heavy (non-hydrogen) atoms. The molecular formula is C19H26N4O5. The molecule has 2 atom stereocenters. The van der Waals surface area contributed by atoms with E-state index in [0.29, 0.717) is 31.9 Å². The van der Waals surface area contributed by atoms with Crippen LogP contribution in [0.15, 0.2) is 12.4 Å². The number of hydrogen-bond donors (Lipinski definition) is 1. The molecule has 3 heterocycles. The summed E-state index contributed by atoms with van der Waals surface area (Å²) in [5.41, 5.74) is -0.747. The number of carbonyl (C=O) groups excluding carboxylic acids is 2. The van der Waals surface area contributed by atoms with Crippen LogP contribution >= 0.6 is 0 Å². The number of hydrogen-bond acceptors (Lipinski definition) is 7. The predicted molar refractivity (Wildman–Crippen MR) is 99.9 cm³/mol. The number of piperidine rings is 1. The first kappa shape index (κ1) is 20.0. The van der Waals surface area contributed by atoms with Crippen LogP contribution in [-0.4, -0.2) is 69.1 Å². The van der Waals surface area contributed by atoms with Gasteiger partial charge in [0.15, 0.2) is 5.69 Å². The van der Waals surface area contributed by atoms with Crippen molar-refractivity contribution in [2.24, 2.45) is 5.92 Å². The van der Waals surface area contributed by atoms with Crippen LogP contribution in [0.25, 0.3) is 0 Å². The Morgan fingerprint density at radius 2 is 1.96 bits per heavy atom. The molecule has 1 aromatic heterocycles. The fourth-order valence-electron chi connectivity index (χ4n) is 3.71. The number of ether oxygens (including phenoxy) is 1. The third kappa shape index (κ3) is 4.40. The highest BCUT2D eigenvalue weighted by atomic mass is 16.6. The number of rotatable bonds is 4. The van der Waals surface area contributed by atoms with Gasteiger partial charge in [-0.1, -0.05) is 0 Å². The Morgan fingerprint density at radius 1 is 1.21 bits per heavy atom. The van der Waals surface area contributed by atoms with E-state index in [1.807, 2.05) is 25.7 Å². The van der Waals surface area contributed by atoms with Crippen LogP contribution in [0.2, 0.25) is 0 Å². The molecule has 0 spiro atoms. The molecule has 0 bridgehead atoms. The van der Waals surface area contributed by atoms with E-state index < -0.39 is 17.5 Å². The first-order chi connectivity index (χ1) is 13.2. The molecule has 1 N–H and O–H groups in total. The van der Waals surface area contributed by atoms with Gasteiger partial charge in [0.2, 0.25) is 5.91 Å². The van der Waals surface area contributed by atoms with Gasteiger partial charge in [0.25, 0.3) is 0 Å². The Kier molecular flexibility index (Phi) is 5.53. The van der Waals surface area contributed by atoms with Crippen molar-refractivity contribution < 1.29 is 24.2 Å². The topological polar surface area (TPSA) is 113 Å². The molecule has 3 rings (SSSR count). The van der Waals surface area contributed by atoms with Gasteiger partial charge < -0.3 is 19.6 Å². The lowest BCUT2D eigenvalue weighted by molar-refractivity contribution is -0.161. The van der Waals surface area contributed by atoms with Crippen molar-refractivity contribution >= 4 is 23.7 Å². The van der Waals surface area contributed by atoms with Gasteiger partial charge in [-0.05, 0) is 33.6 Å². The van der Waals surface area contributed by atoms with Crippen LogP contribution in [0.5, 0.6) is 0 Å². The van der Waals surface area contributed by atoms with Gasteiger partial charge in [-0.15, -0.1) is 0 Å². The number of anilines is 1. The summed E-state index contributed by atoms with van der Waals surface area (Å²) in [4.78, 5) is 48.1. The van der Waals surface area contributed by atoms with E-state index in [9.17, 15) is 19.5 Å². The molecule has 9 nitrogen and oxygen atoms in total. The van der Waals surface area contributed by atoms with Gasteiger partial charge >= 0.3 is 11.9 Å². The number of carboxylic acids is 1. The van der Waals surface area contributed by atoms with Crippen molar-refractivity contribution in [2.45, 2.75) is 51.7 Å². The molecule has 1 aromatic rings. The molecular weight excluding hydrogens is 364 g/mol. The summed E-state index contributed by atoms with van der Waals surface area (Å²) in [6, 6.07) is 1.06. The van der Waals surface area contributed by atoms with E-state index >= 15 is 0 Å². The average molecular weight is 390 g/mol. The summed E-state index contributed by atoms with van der Waals surface area (Å²) in [6.07, 6.45) is 3.44. The number of likely N-dealkylation sites (tertiary alicyclic amines) is 1. The van der Waals surface area contributed by atoms with Crippen LogP contribution in [0.1, 0.15) is 50.5 Å². The monoisotopic (exact) mass is 390 g/mol. The van der Waals surface area contributed by atoms with Crippen LogP contribution < -0.4 is 4.90 Å². The maximum absolute atomic E-state index is 12.9. The Labute approximate surface area is 163 Å². The molecule has 2 fully saturated rings. The average Bonchev–Trinajstić information content (AvgIpc) is 3.06. The molecule has 152 valence electrons. The maximum Gasteiger partial charge on any atom is 0.354 e. The lowest BCUT2D eigenvalue weighted by Gasteiger charge is -2.35. The molecule has 2 unspecified atom stereocenters. The van der Waals surface area contributed by atoms with Crippen LogP contribution in [0, 0.1) is 5.92 Å². The largest absolute Gasteiger partial charge is 0.477 e. The van der Waals surface area contributed by atoms with E-state index in [4.69, 9.17) is 4.74 Å². The normalized spacial score (nSPS) is 23.0. The van der Waals surface area contributed by atoms with Crippen LogP contribution in [0.4, 0.5) is 5.82 Å². The first-order valence-corrected chi connectivity index (χ1v) is 9.48. The van der Waals surface area contributed by atoms with E-state index in [1.54, 1.807) is 4.90 Å². The van der Waals surface area contributed by atoms with Crippen molar-refractivity contribution in [3.63, 3.8) is 0 Å². The molecule has 1 amide bonds. The highest BCUT2D eigenvalue weighted by molar-refractivity contribution is 5.86. The third-order valence-corrected chi connectivity index (χ3v) is 4.95. The molecule has 2 aliphatic heterocycles. The van der Waals surface area contributed by atoms with Crippen molar-refractivity contribution in [3.05, 3.63) is 18.1 Å². The zero-order chi connectivity index (χ0) is 20.5. The Balaban J connectivity index is 1.87. The van der Waals surface area contributed by atoms with Gasteiger partial charge in [-0.3, -0.25) is 9.59 Å². The number of esters is 1. The molecule has 0 aliphatic carbocycles. The van der Waals surface area contributed by atoms with Gasteiger partial charge in [0.1, 0.15) is 17.7 Å². The van der Waals surface area contributed by atoms with E-state index in [0.717, 1.165) is 12.8 Å². The smallest absolute Gasteiger partial charge is 0.354 e. The Bertz CT molecular complexity index is 776. The van der Waals surface area contributed by atoms with Gasteiger partial charge in [-0.25, -0.2) is 14.8 Å². The number of carboxylic acid groups (broad SMARTS) is 1. The van der Waals surface area contributed by atoms with Crippen molar-refractivity contribution in [1.82, 2.24) is 14.9 Å². The predicted octanol–water partition coefficient (Wildman–Crippen LogP) is 1.33. The fourth-order valence-corrected chi connectivity index (χ4v) is 3.71. The van der Waals surface area contributed by atoms with E-state index in [-0.39, 0.29) is 23.6 Å². The van der Waals surface area contributed by atoms with Crippen LogP contribution in [-0.2, 0) is 14.3 Å². The zero-order valence-corrected chi connectivity index (χ0v) is 16.4. The van der Waals surface area contributed by atoms with Crippen molar-refractivity contribution in [2.75, 3.05) is 24.5 Å². The molecule has 0 radical (unpaired) electrons. The van der Waals surface area contributed by atoms with Gasteiger partial charge in [0.05, 0.1) is 12.0 Å². The SMILES string of the molecule is CC(C)(C)OC(=O)C1CN(c2cc(C(=O)O)ncn2)CC1N1CCCCC1=O. The maximum atomic E-state index is 12.9. The minimum Gasteiger partial charge on any atom is -0.477 e. The minimum absolute atomic E-state index is 0.0422. The molecule has 0 aromatic carbocycles. The number of nitrogens with zero attached hydrogens (tertiary/aromatic N) is 4. The highest BCUT2D eigenvalue weighted by Gasteiger charge is 2.45. The number of carbonyl (C=O) groups is 3. The second kappa shape index (κ2) is 7.73. The quantitative estimate of drug-likeness (QED) is 0.766. The van der Waals surface area contributed by atoms with Crippen LogP contribution in [0.3, 0.4) is 0 Å². The molecule has 2 saturated heterocycles. The van der Waals surface area contributed by atoms with Crippen molar-refractivity contribution in [1.29, 1.82) is 0 Å². The molecule has 9 heteroatoms. The van der Waals surface area contributed by atoms with E-state index in [1.165, 1.54) is 12.4 Å². The number of aromatic carboxylic acids is 1. The molecule has 2 aliphatic rings. The summed E-state index contributed by atoms with van der Waals surface area (Å²) < 4.78 is 5.59. The standard InChI is InChI=1S/C19H26N4O5/c1-19(2,3)28-18(27)12-9-22(15-8-13(17(25)26)20-11-21-15)10-14(12)23-7-5-4-6-16(23)24/h8,11-12,14H,4-7,9-10H2,1-3H3,(H,25,26). The van der Waals surface area contributed by atoms with Gasteiger partial charge in [-0.2, -0.15) is 0 Å². The minimum atomic E-state index is -1.14. The summed E-state index contributed by atoms with van der Waals surface area (Å²) in [6.45, 7) is 6.73. The third-order valence-electron chi connectivity index (χ3n) is 4.95. The van der Waals surface area contributed by atoms with E-state index in [2.05, 4.69) is 9.97 Å². The zero-order valence-electron chi connectivity index (χ0n) is 16.4. The van der Waals surface area contributed by atoms with Crippen molar-refractivity contribution in [3.8, 4) is 0 Å². The first-order valence-electron chi connectivity index (χ1n) is 9.48. The Morgan fingerprint density at radius 3 is 2.61 bits per heavy atom. The second-order valence-corrected chi connectivity index (χ2v) is 8.22. The summed E-state index contributed by atoms with van der Waals surface area (Å²) in [5, 5.41) is 9.17. The molecule has 0 saturated carbocycles.